The van der Waals surface area contributed by atoms with Crippen molar-refractivity contribution in [1.29, 1.82) is 0 Å². The van der Waals surface area contributed by atoms with Crippen LogP contribution in [0.25, 0.3) is 10.9 Å². The number of alkyl halides is 3. The standard InChI is InChI=1S/C25H25F3N2O2/c1-24(9-2-10-24)23(31)30-22-14-29-21-8-7-18(13-20(21)22)32-19-11-16(12-19)15-3-5-17(6-4-15)25(26,27)28/h3-8,13-14,16,19,29H,2,9-12H2,1H3,(H,30,31)/t16-,19+. The number of anilines is 1. The molecule has 0 saturated heterocycles. The van der Waals surface area contributed by atoms with Crippen molar-refractivity contribution in [3.8, 4) is 5.75 Å². The van der Waals surface area contributed by atoms with Crippen molar-refractivity contribution in [2.24, 2.45) is 5.41 Å². The Bertz CT molecular complexity index is 1140. The van der Waals surface area contributed by atoms with Gasteiger partial charge in [0.1, 0.15) is 5.75 Å². The summed E-state index contributed by atoms with van der Waals surface area (Å²) in [6.07, 6.45) is 1.95. The summed E-state index contributed by atoms with van der Waals surface area (Å²) in [5.74, 6) is 0.976. The van der Waals surface area contributed by atoms with Crippen molar-refractivity contribution in [3.63, 3.8) is 0 Å². The van der Waals surface area contributed by atoms with Crippen LogP contribution in [0.1, 0.15) is 56.1 Å². The summed E-state index contributed by atoms with van der Waals surface area (Å²) in [4.78, 5) is 15.8. The molecule has 2 saturated carbocycles. The molecule has 7 heteroatoms. The van der Waals surface area contributed by atoms with E-state index in [2.05, 4.69) is 10.3 Å². The van der Waals surface area contributed by atoms with Gasteiger partial charge in [-0.05, 0) is 67.5 Å². The summed E-state index contributed by atoms with van der Waals surface area (Å²) in [7, 11) is 0. The van der Waals surface area contributed by atoms with Crippen LogP contribution in [0.2, 0.25) is 0 Å². The molecule has 2 aromatic carbocycles. The first kappa shape index (κ1) is 20.9. The van der Waals surface area contributed by atoms with Gasteiger partial charge in [-0.2, -0.15) is 13.2 Å². The van der Waals surface area contributed by atoms with E-state index in [1.165, 1.54) is 0 Å². The number of aromatic amines is 1. The first-order chi connectivity index (χ1) is 15.2. The van der Waals surface area contributed by atoms with E-state index in [1.807, 2.05) is 25.1 Å². The van der Waals surface area contributed by atoms with Crippen LogP contribution < -0.4 is 10.1 Å². The Kier molecular flexibility index (Phi) is 4.95. The lowest BCUT2D eigenvalue weighted by Crippen LogP contribution is -2.39. The molecule has 3 aromatic rings. The Morgan fingerprint density at radius 2 is 1.84 bits per heavy atom. The zero-order valence-corrected chi connectivity index (χ0v) is 17.8. The molecule has 5 rings (SSSR count). The summed E-state index contributed by atoms with van der Waals surface area (Å²) in [5, 5.41) is 3.95. The van der Waals surface area contributed by atoms with E-state index in [4.69, 9.17) is 4.74 Å². The zero-order chi connectivity index (χ0) is 22.5. The molecule has 0 atom stereocenters. The van der Waals surface area contributed by atoms with Gasteiger partial charge in [0, 0.05) is 22.5 Å². The lowest BCUT2D eigenvalue weighted by atomic mass is 9.70. The predicted molar refractivity (Wildman–Crippen MR) is 117 cm³/mol. The number of amides is 1. The quantitative estimate of drug-likeness (QED) is 0.465. The average molecular weight is 442 g/mol. The van der Waals surface area contributed by atoms with Crippen LogP contribution in [-0.4, -0.2) is 17.0 Å². The first-order valence-corrected chi connectivity index (χ1v) is 11.0. The molecule has 1 heterocycles. The molecule has 1 aromatic heterocycles. The van der Waals surface area contributed by atoms with Crippen LogP contribution in [0.15, 0.2) is 48.7 Å². The molecule has 4 nitrogen and oxygen atoms in total. The Balaban J connectivity index is 1.22. The molecule has 0 unspecified atom stereocenters. The minimum absolute atomic E-state index is 0.0191. The number of carbonyl (C=O) groups excluding carboxylic acids is 1. The molecular formula is C25H25F3N2O2. The number of halogens is 3. The highest BCUT2D eigenvalue weighted by Gasteiger charge is 2.39. The van der Waals surface area contributed by atoms with Gasteiger partial charge in [0.05, 0.1) is 17.4 Å². The number of benzene rings is 2. The van der Waals surface area contributed by atoms with Crippen molar-refractivity contribution >= 4 is 22.5 Å². The maximum atomic E-state index is 12.7. The smallest absolute Gasteiger partial charge is 0.416 e. The van der Waals surface area contributed by atoms with Gasteiger partial charge in [-0.25, -0.2) is 0 Å². The zero-order valence-electron chi connectivity index (χ0n) is 17.8. The third-order valence-corrected chi connectivity index (χ3v) is 7.01. The van der Waals surface area contributed by atoms with Gasteiger partial charge in [-0.3, -0.25) is 4.79 Å². The largest absolute Gasteiger partial charge is 0.490 e. The summed E-state index contributed by atoms with van der Waals surface area (Å²) in [6, 6.07) is 11.2. The minimum Gasteiger partial charge on any atom is -0.490 e. The fourth-order valence-corrected chi connectivity index (χ4v) is 4.55. The number of nitrogens with one attached hydrogen (secondary N) is 2. The second-order valence-corrected chi connectivity index (χ2v) is 9.31. The molecule has 1 amide bonds. The number of H-pyrrole nitrogens is 1. The van der Waals surface area contributed by atoms with Crippen molar-refractivity contribution in [3.05, 3.63) is 59.8 Å². The molecule has 168 valence electrons. The lowest BCUT2D eigenvalue weighted by molar-refractivity contribution is -0.137. The molecule has 2 fully saturated rings. The molecule has 0 radical (unpaired) electrons. The van der Waals surface area contributed by atoms with Gasteiger partial charge in [0.15, 0.2) is 0 Å². The lowest BCUT2D eigenvalue weighted by Gasteiger charge is -2.36. The van der Waals surface area contributed by atoms with Crippen molar-refractivity contribution in [2.45, 2.75) is 57.2 Å². The predicted octanol–water partition coefficient (Wildman–Crippen LogP) is 6.64. The summed E-state index contributed by atoms with van der Waals surface area (Å²) < 4.78 is 44.3. The second kappa shape index (κ2) is 7.57. The van der Waals surface area contributed by atoms with Crippen molar-refractivity contribution in [2.75, 3.05) is 5.32 Å². The topological polar surface area (TPSA) is 54.1 Å². The van der Waals surface area contributed by atoms with Crippen molar-refractivity contribution in [1.82, 2.24) is 4.98 Å². The summed E-state index contributed by atoms with van der Waals surface area (Å²) >= 11 is 0. The number of carbonyl (C=O) groups is 1. The van der Waals surface area contributed by atoms with E-state index < -0.39 is 11.7 Å². The van der Waals surface area contributed by atoms with E-state index in [0.717, 1.165) is 72.1 Å². The number of ether oxygens (including phenoxy) is 1. The van der Waals surface area contributed by atoms with E-state index in [0.29, 0.717) is 0 Å². The maximum absolute atomic E-state index is 12.7. The van der Waals surface area contributed by atoms with Gasteiger partial charge >= 0.3 is 6.18 Å². The van der Waals surface area contributed by atoms with E-state index in [-0.39, 0.29) is 23.3 Å². The maximum Gasteiger partial charge on any atom is 0.416 e. The Hall–Kier alpha value is -2.96. The van der Waals surface area contributed by atoms with Gasteiger partial charge in [-0.15, -0.1) is 0 Å². The molecule has 32 heavy (non-hydrogen) atoms. The van der Waals surface area contributed by atoms with Crippen LogP contribution in [-0.2, 0) is 11.0 Å². The number of hydrogen-bond donors (Lipinski definition) is 2. The number of aromatic nitrogens is 1. The van der Waals surface area contributed by atoms with Crippen LogP contribution in [0.4, 0.5) is 18.9 Å². The highest BCUT2D eigenvalue weighted by molar-refractivity contribution is 6.04. The monoisotopic (exact) mass is 442 g/mol. The molecule has 0 aliphatic heterocycles. The second-order valence-electron chi connectivity index (χ2n) is 9.31. The SMILES string of the molecule is CC1(C(=O)Nc2c[nH]c3ccc(O[C@H]4C[C@@H](c5ccc(C(F)(F)F)cc5)C4)cc23)CCC1. The van der Waals surface area contributed by atoms with Crippen LogP contribution in [0.3, 0.4) is 0 Å². The fourth-order valence-electron chi connectivity index (χ4n) is 4.55. The highest BCUT2D eigenvalue weighted by atomic mass is 19.4. The van der Waals surface area contributed by atoms with Crippen LogP contribution >= 0.6 is 0 Å². The van der Waals surface area contributed by atoms with Gasteiger partial charge in [0.25, 0.3) is 0 Å². The van der Waals surface area contributed by atoms with E-state index >= 15 is 0 Å². The number of rotatable bonds is 5. The Labute approximate surface area is 184 Å². The van der Waals surface area contributed by atoms with E-state index in [1.54, 1.807) is 18.3 Å². The molecular weight excluding hydrogens is 417 g/mol. The number of fused-ring (bicyclic) bond motifs is 1. The normalized spacial score (nSPS) is 22.1. The third-order valence-electron chi connectivity index (χ3n) is 7.01. The molecule has 2 aliphatic carbocycles. The first-order valence-electron chi connectivity index (χ1n) is 11.0. The van der Waals surface area contributed by atoms with E-state index in [9.17, 15) is 18.0 Å². The van der Waals surface area contributed by atoms with Gasteiger partial charge in [-0.1, -0.05) is 25.5 Å². The molecule has 0 spiro atoms. The number of hydrogen-bond acceptors (Lipinski definition) is 2. The van der Waals surface area contributed by atoms with Gasteiger partial charge in [0.2, 0.25) is 5.91 Å². The minimum atomic E-state index is -4.31. The average Bonchev–Trinajstić information content (AvgIpc) is 3.10. The highest BCUT2D eigenvalue weighted by Crippen LogP contribution is 2.43. The summed E-state index contributed by atoms with van der Waals surface area (Å²) in [5.41, 5.74) is 1.68. The Morgan fingerprint density at radius 1 is 1.12 bits per heavy atom. The van der Waals surface area contributed by atoms with Crippen molar-refractivity contribution < 1.29 is 22.7 Å². The van der Waals surface area contributed by atoms with Gasteiger partial charge < -0.3 is 15.0 Å². The van der Waals surface area contributed by atoms with Crippen LogP contribution in [0.5, 0.6) is 5.75 Å². The Morgan fingerprint density at radius 3 is 2.47 bits per heavy atom. The van der Waals surface area contributed by atoms with Crippen LogP contribution in [0, 0.1) is 5.41 Å². The molecule has 2 N–H and O–H groups in total. The molecule has 2 aliphatic rings. The summed E-state index contributed by atoms with van der Waals surface area (Å²) in [6.45, 7) is 2.00. The third kappa shape index (κ3) is 3.85. The fraction of sp³-hybridized carbons (Fsp3) is 0.400. The molecule has 0 bridgehead atoms.